The summed E-state index contributed by atoms with van der Waals surface area (Å²) in [4.78, 5) is 0. The van der Waals surface area contributed by atoms with Crippen LogP contribution in [0.2, 0.25) is 0 Å². The van der Waals surface area contributed by atoms with Crippen LogP contribution in [0.1, 0.15) is 26.3 Å². The Hall–Kier alpha value is -1.86. The first kappa shape index (κ1) is 12.8. The zero-order chi connectivity index (χ0) is 14.6. The van der Waals surface area contributed by atoms with Gasteiger partial charge in [0.15, 0.2) is 0 Å². The van der Waals surface area contributed by atoms with Gasteiger partial charge in [-0.15, -0.1) is 11.3 Å². The van der Waals surface area contributed by atoms with E-state index in [0.717, 1.165) is 0 Å². The Morgan fingerprint density at radius 1 is 0.762 bits per heavy atom. The van der Waals surface area contributed by atoms with Gasteiger partial charge in [-0.05, 0) is 39.9 Å². The highest BCUT2D eigenvalue weighted by atomic mass is 32.1. The summed E-state index contributed by atoms with van der Waals surface area (Å²) in [5.74, 6) is 0. The summed E-state index contributed by atoms with van der Waals surface area (Å²) in [6, 6.07) is 20.1. The van der Waals surface area contributed by atoms with Gasteiger partial charge in [-0.2, -0.15) is 0 Å². The monoisotopic (exact) mass is 290 g/mol. The quantitative estimate of drug-likeness (QED) is 0.346. The first-order valence-corrected chi connectivity index (χ1v) is 8.20. The molecule has 0 bridgehead atoms. The van der Waals surface area contributed by atoms with Gasteiger partial charge >= 0.3 is 0 Å². The number of rotatable bonds is 0. The number of hydrogen-bond acceptors (Lipinski definition) is 1. The summed E-state index contributed by atoms with van der Waals surface area (Å²) in [6.45, 7) is 6.89. The van der Waals surface area contributed by atoms with Crippen molar-refractivity contribution < 1.29 is 0 Å². The Labute approximate surface area is 129 Å². The second-order valence-corrected chi connectivity index (χ2v) is 7.81. The van der Waals surface area contributed by atoms with E-state index in [1.54, 1.807) is 0 Å². The lowest BCUT2D eigenvalue weighted by Crippen LogP contribution is -2.11. The largest absolute Gasteiger partial charge is 0.135 e. The number of benzene rings is 3. The van der Waals surface area contributed by atoms with Crippen molar-refractivity contribution in [1.29, 1.82) is 0 Å². The summed E-state index contributed by atoms with van der Waals surface area (Å²) in [5.41, 5.74) is 1.61. The molecule has 0 saturated heterocycles. The second kappa shape index (κ2) is 4.32. The van der Waals surface area contributed by atoms with Crippen LogP contribution < -0.4 is 0 Å². The highest BCUT2D eigenvalue weighted by molar-refractivity contribution is 7.25. The summed E-state index contributed by atoms with van der Waals surface area (Å²) >= 11 is 1.91. The number of hydrogen-bond donors (Lipinski definition) is 0. The Balaban J connectivity index is 2.22. The molecule has 21 heavy (non-hydrogen) atoms. The molecule has 4 aromatic rings. The van der Waals surface area contributed by atoms with Crippen LogP contribution in [-0.4, -0.2) is 0 Å². The topological polar surface area (TPSA) is 0 Å². The Morgan fingerprint density at radius 2 is 1.48 bits per heavy atom. The van der Waals surface area contributed by atoms with Gasteiger partial charge in [0.25, 0.3) is 0 Å². The van der Waals surface area contributed by atoms with E-state index >= 15 is 0 Å². The Bertz CT molecular complexity index is 968. The van der Waals surface area contributed by atoms with Crippen molar-refractivity contribution in [2.45, 2.75) is 26.2 Å². The van der Waals surface area contributed by atoms with E-state index in [2.05, 4.69) is 75.4 Å². The lowest BCUT2D eigenvalue weighted by Gasteiger charge is -2.20. The van der Waals surface area contributed by atoms with E-state index < -0.39 is 0 Å². The Morgan fingerprint density at radius 3 is 2.19 bits per heavy atom. The number of thiophene rings is 1. The van der Waals surface area contributed by atoms with Gasteiger partial charge in [0.2, 0.25) is 0 Å². The molecule has 3 aromatic carbocycles. The van der Waals surface area contributed by atoms with Crippen LogP contribution in [0.25, 0.3) is 30.9 Å². The van der Waals surface area contributed by atoms with Gasteiger partial charge in [-0.1, -0.05) is 57.2 Å². The highest BCUT2D eigenvalue weighted by Gasteiger charge is 2.19. The van der Waals surface area contributed by atoms with Gasteiger partial charge in [-0.25, -0.2) is 0 Å². The fourth-order valence-corrected chi connectivity index (χ4v) is 4.30. The fraction of sp³-hybridized carbons (Fsp3) is 0.200. The van der Waals surface area contributed by atoms with Gasteiger partial charge in [0.05, 0.1) is 0 Å². The molecule has 0 radical (unpaired) electrons. The molecule has 0 spiro atoms. The molecule has 0 nitrogen and oxygen atoms in total. The molecule has 1 heterocycles. The van der Waals surface area contributed by atoms with Crippen LogP contribution in [0.15, 0.2) is 54.6 Å². The molecular weight excluding hydrogens is 272 g/mol. The van der Waals surface area contributed by atoms with Crippen molar-refractivity contribution in [2.75, 3.05) is 0 Å². The molecule has 0 amide bonds. The maximum Gasteiger partial charge on any atom is 0.0361 e. The van der Waals surface area contributed by atoms with Crippen molar-refractivity contribution in [3.63, 3.8) is 0 Å². The molecule has 0 N–H and O–H groups in total. The molecular formula is C20H18S. The van der Waals surface area contributed by atoms with Crippen LogP contribution in [-0.2, 0) is 5.41 Å². The average Bonchev–Trinajstić information content (AvgIpc) is 2.81. The molecule has 0 saturated carbocycles. The van der Waals surface area contributed by atoms with E-state index in [0.29, 0.717) is 0 Å². The summed E-state index contributed by atoms with van der Waals surface area (Å²) in [5, 5.41) is 5.50. The smallest absolute Gasteiger partial charge is 0.0361 e. The summed E-state index contributed by atoms with van der Waals surface area (Å²) in [6.07, 6.45) is 0. The van der Waals surface area contributed by atoms with Crippen LogP contribution in [0.3, 0.4) is 0 Å². The zero-order valence-corrected chi connectivity index (χ0v) is 13.4. The first-order valence-electron chi connectivity index (χ1n) is 7.38. The van der Waals surface area contributed by atoms with E-state index in [1.165, 1.54) is 36.5 Å². The minimum atomic E-state index is 0.166. The van der Waals surface area contributed by atoms with E-state index in [9.17, 15) is 0 Å². The van der Waals surface area contributed by atoms with Crippen molar-refractivity contribution in [3.05, 3.63) is 60.2 Å². The van der Waals surface area contributed by atoms with Crippen LogP contribution in [0.5, 0.6) is 0 Å². The van der Waals surface area contributed by atoms with Crippen LogP contribution >= 0.6 is 11.3 Å². The molecule has 0 atom stereocenters. The van der Waals surface area contributed by atoms with Crippen molar-refractivity contribution in [2.24, 2.45) is 0 Å². The van der Waals surface area contributed by atoms with Crippen molar-refractivity contribution >= 4 is 42.3 Å². The van der Waals surface area contributed by atoms with E-state index in [1.807, 2.05) is 11.3 Å². The molecule has 0 aliphatic carbocycles. The minimum Gasteiger partial charge on any atom is -0.135 e. The maximum atomic E-state index is 2.36. The predicted octanol–water partition coefficient (Wildman–Crippen LogP) is 6.51. The SMILES string of the molecule is CC(C)(C)c1cccc2sc3cc4ccccc4cc3c12. The zero-order valence-electron chi connectivity index (χ0n) is 12.6. The number of fused-ring (bicyclic) bond motifs is 4. The van der Waals surface area contributed by atoms with E-state index in [4.69, 9.17) is 0 Å². The summed E-state index contributed by atoms with van der Waals surface area (Å²) < 4.78 is 2.79. The standard InChI is InChI=1S/C20H18S/c1-20(2,3)16-9-6-10-17-19(16)15-11-13-7-4-5-8-14(13)12-18(15)21-17/h4-12H,1-3H3. The van der Waals surface area contributed by atoms with Crippen molar-refractivity contribution in [3.8, 4) is 0 Å². The molecule has 0 aliphatic heterocycles. The van der Waals surface area contributed by atoms with E-state index in [-0.39, 0.29) is 5.41 Å². The molecule has 0 aliphatic rings. The highest BCUT2D eigenvalue weighted by Crippen LogP contribution is 2.41. The second-order valence-electron chi connectivity index (χ2n) is 6.73. The third-order valence-electron chi connectivity index (χ3n) is 4.17. The fourth-order valence-electron chi connectivity index (χ4n) is 3.14. The van der Waals surface area contributed by atoms with Gasteiger partial charge in [-0.3, -0.25) is 0 Å². The van der Waals surface area contributed by atoms with Crippen LogP contribution in [0.4, 0.5) is 0 Å². The summed E-state index contributed by atoms with van der Waals surface area (Å²) in [7, 11) is 0. The third-order valence-corrected chi connectivity index (χ3v) is 5.29. The maximum absolute atomic E-state index is 2.36. The lowest BCUT2D eigenvalue weighted by atomic mass is 9.84. The van der Waals surface area contributed by atoms with Crippen molar-refractivity contribution in [1.82, 2.24) is 0 Å². The Kier molecular flexibility index (Phi) is 2.64. The molecule has 1 heteroatoms. The molecule has 104 valence electrons. The normalized spacial score (nSPS) is 12.5. The van der Waals surface area contributed by atoms with Gasteiger partial charge in [0.1, 0.15) is 0 Å². The molecule has 0 fully saturated rings. The first-order chi connectivity index (χ1) is 10.0. The molecule has 4 rings (SSSR count). The minimum absolute atomic E-state index is 0.166. The lowest BCUT2D eigenvalue weighted by molar-refractivity contribution is 0.596. The molecule has 1 aromatic heterocycles. The van der Waals surface area contributed by atoms with Gasteiger partial charge < -0.3 is 0 Å². The predicted molar refractivity (Wildman–Crippen MR) is 95.5 cm³/mol. The van der Waals surface area contributed by atoms with Crippen LogP contribution in [0, 0.1) is 0 Å². The molecule has 0 unspecified atom stereocenters. The third kappa shape index (κ3) is 1.96. The van der Waals surface area contributed by atoms with Gasteiger partial charge in [0, 0.05) is 20.2 Å². The average molecular weight is 290 g/mol.